The maximum absolute atomic E-state index is 15.3. The van der Waals surface area contributed by atoms with E-state index in [1.54, 1.807) is 0 Å². The molecule has 1 aromatic carbocycles. The van der Waals surface area contributed by atoms with E-state index in [4.69, 9.17) is 42.6 Å². The van der Waals surface area contributed by atoms with Crippen molar-refractivity contribution in [3.8, 4) is 17.2 Å². The van der Waals surface area contributed by atoms with Gasteiger partial charge in [0.2, 0.25) is 6.29 Å². The standard InChI is InChI=1S/C61H90O28/c1-24-35(67)39(71)41(73)51(81-24)86-45-38(70)31(22-63)82-52(43(45)75)87-46-42(74)47(49(77)78)88-53(44(46)76)84-34-11-12-57(4)32(58(34,5)23-64)10-13-60(7)33(57)9-8-26-27-20-56(2,3)14-16-61(27,17-15-59(26,60)6)55(80)89-54-48(40(72)37(69)30(21-62)83-54)85-50(79)25-18-28(65)36(68)29(66)19-25/h8,18-19,24,27,30-35,37-48,51-54,62-76H,9-17,20-23H2,1-7H3,(H,77,78). The number of aliphatic carboxylic acids is 1. The van der Waals surface area contributed by atoms with E-state index >= 15 is 4.79 Å². The number of fused-ring (bicyclic) bond motifs is 7. The molecule has 28 nitrogen and oxygen atoms in total. The molecule has 4 heterocycles. The van der Waals surface area contributed by atoms with Gasteiger partial charge >= 0.3 is 17.9 Å². The van der Waals surface area contributed by atoms with Crippen LogP contribution in [0.5, 0.6) is 17.2 Å². The van der Waals surface area contributed by atoms with Gasteiger partial charge in [-0.2, -0.15) is 0 Å². The summed E-state index contributed by atoms with van der Waals surface area (Å²) in [5, 5.41) is 172. The summed E-state index contributed by atoms with van der Waals surface area (Å²) in [6.45, 7) is 12.2. The molecule has 10 rings (SSSR count). The number of aromatic hydroxyl groups is 3. The van der Waals surface area contributed by atoms with Gasteiger partial charge in [-0.05, 0) is 123 Å². The molecule has 29 unspecified atom stereocenters. The smallest absolute Gasteiger partial charge is 0.339 e. The molecule has 0 spiro atoms. The maximum atomic E-state index is 15.3. The summed E-state index contributed by atoms with van der Waals surface area (Å²) in [6.07, 6.45) is -29.9. The summed E-state index contributed by atoms with van der Waals surface area (Å²) >= 11 is 0. The zero-order valence-corrected chi connectivity index (χ0v) is 50.8. The molecule has 9 aliphatic rings. The molecule has 28 heteroatoms. The predicted octanol–water partition coefficient (Wildman–Crippen LogP) is -0.961. The molecule has 0 aromatic heterocycles. The number of hydrogen-bond donors (Lipinski definition) is 16. The fourth-order valence-electron chi connectivity index (χ4n) is 17.5. The Kier molecular flexibility index (Phi) is 18.9. The number of hydrogen-bond acceptors (Lipinski definition) is 27. The number of carboxylic acid groups (broad SMARTS) is 1. The first-order valence-electron chi connectivity index (χ1n) is 30.8. The molecule has 8 fully saturated rings. The van der Waals surface area contributed by atoms with Gasteiger partial charge in [0.05, 0.1) is 43.0 Å². The predicted molar refractivity (Wildman–Crippen MR) is 298 cm³/mol. The molecule has 0 radical (unpaired) electrons. The van der Waals surface area contributed by atoms with Crippen LogP contribution in [0.2, 0.25) is 0 Å². The van der Waals surface area contributed by atoms with Crippen LogP contribution in [0.4, 0.5) is 0 Å². The lowest BCUT2D eigenvalue weighted by molar-refractivity contribution is -0.382. The second kappa shape index (κ2) is 24.7. The Hall–Kier alpha value is -3.99. The molecule has 0 bridgehead atoms. The van der Waals surface area contributed by atoms with Gasteiger partial charge < -0.3 is 124 Å². The van der Waals surface area contributed by atoms with Crippen molar-refractivity contribution in [3.05, 3.63) is 29.3 Å². The fraction of sp³-hybridized carbons (Fsp3) is 0.820. The average Bonchev–Trinajstić information content (AvgIpc) is 0.678. The summed E-state index contributed by atoms with van der Waals surface area (Å²) in [4.78, 5) is 41.6. The van der Waals surface area contributed by atoms with Crippen molar-refractivity contribution in [3.63, 3.8) is 0 Å². The van der Waals surface area contributed by atoms with Crippen LogP contribution in [0.1, 0.15) is 123 Å². The Morgan fingerprint density at radius 3 is 1.79 bits per heavy atom. The number of aliphatic hydroxyl groups is 12. The molecule has 1 aromatic rings. The number of phenolic OH excluding ortho intramolecular Hbond substituents is 3. The number of rotatable bonds is 14. The normalized spacial score (nSPS) is 48.7. The van der Waals surface area contributed by atoms with Crippen molar-refractivity contribution in [1.29, 1.82) is 0 Å². The van der Waals surface area contributed by atoms with Gasteiger partial charge in [0.1, 0.15) is 79.4 Å². The lowest BCUT2D eigenvalue weighted by Gasteiger charge is -2.71. The zero-order chi connectivity index (χ0) is 65.2. The van der Waals surface area contributed by atoms with Crippen molar-refractivity contribution in [2.45, 2.75) is 242 Å². The van der Waals surface area contributed by atoms with Gasteiger partial charge in [-0.1, -0.05) is 53.2 Å². The van der Waals surface area contributed by atoms with E-state index < -0.39 is 217 Å². The van der Waals surface area contributed by atoms with E-state index in [1.165, 1.54) is 6.92 Å². The molecule has 4 saturated carbocycles. The van der Waals surface area contributed by atoms with Crippen LogP contribution in [0.3, 0.4) is 0 Å². The molecule has 502 valence electrons. The SMILES string of the molecule is CC1OC(OC2C(O)C(CO)OC(OC3C(O)C(OC4CCC5(C)C(CCC6(C)C5CC=C5C7CC(C)(C)CCC7(C(=O)OC7OC(CO)C(O)C(O)C7OC(=O)c7cc(O)c(O)c(O)c7)CCC56C)C4(C)CO)OC(C(=O)O)C3O)C2O)C(O)C(O)C1O. The molecule has 29 atom stereocenters. The number of benzene rings is 1. The third kappa shape index (κ3) is 11.3. The minimum atomic E-state index is -2.15. The summed E-state index contributed by atoms with van der Waals surface area (Å²) in [6, 6.07) is 1.61. The van der Waals surface area contributed by atoms with Crippen molar-refractivity contribution >= 4 is 17.9 Å². The molecule has 89 heavy (non-hydrogen) atoms. The molecular formula is C61H90O28. The van der Waals surface area contributed by atoms with Crippen LogP contribution in [-0.4, -0.2) is 248 Å². The third-order valence-corrected chi connectivity index (χ3v) is 23.0. The van der Waals surface area contributed by atoms with Crippen molar-refractivity contribution in [2.24, 2.45) is 50.2 Å². The quantitative estimate of drug-likeness (QED) is 0.0461. The van der Waals surface area contributed by atoms with Crippen molar-refractivity contribution in [2.75, 3.05) is 19.8 Å². The Bertz CT molecular complexity index is 2780. The maximum Gasteiger partial charge on any atom is 0.339 e. The zero-order valence-electron chi connectivity index (χ0n) is 50.8. The second-order valence-electron chi connectivity index (χ2n) is 28.4. The number of allylic oxidation sites excluding steroid dienone is 2. The van der Waals surface area contributed by atoms with E-state index in [2.05, 4.69) is 40.7 Å². The van der Waals surface area contributed by atoms with Gasteiger partial charge in [0, 0.05) is 5.41 Å². The number of phenols is 3. The van der Waals surface area contributed by atoms with Gasteiger partial charge in [-0.3, -0.25) is 4.79 Å². The number of carbonyl (C=O) groups excluding carboxylic acids is 2. The lowest BCUT2D eigenvalue weighted by Crippen LogP contribution is -2.68. The third-order valence-electron chi connectivity index (χ3n) is 23.0. The highest BCUT2D eigenvalue weighted by molar-refractivity contribution is 5.91. The van der Waals surface area contributed by atoms with E-state index in [-0.39, 0.29) is 29.6 Å². The summed E-state index contributed by atoms with van der Waals surface area (Å²) in [7, 11) is 0. The summed E-state index contributed by atoms with van der Waals surface area (Å²) < 4.78 is 53.0. The van der Waals surface area contributed by atoms with E-state index in [0.717, 1.165) is 17.7 Å². The monoisotopic (exact) mass is 1270 g/mol. The fourth-order valence-corrected chi connectivity index (χ4v) is 17.5. The largest absolute Gasteiger partial charge is 0.504 e. The molecular weight excluding hydrogens is 1180 g/mol. The molecule has 5 aliphatic carbocycles. The molecule has 0 amide bonds. The second-order valence-corrected chi connectivity index (χ2v) is 28.4. The first-order valence-corrected chi connectivity index (χ1v) is 30.8. The Morgan fingerprint density at radius 1 is 0.584 bits per heavy atom. The minimum Gasteiger partial charge on any atom is -0.504 e. The lowest BCUT2D eigenvalue weighted by atomic mass is 9.33. The minimum absolute atomic E-state index is 0.0120. The van der Waals surface area contributed by atoms with Gasteiger partial charge in [-0.25, -0.2) is 9.59 Å². The van der Waals surface area contributed by atoms with Crippen LogP contribution in [-0.2, 0) is 52.2 Å². The Labute approximate surface area is 513 Å². The summed E-state index contributed by atoms with van der Waals surface area (Å²) in [5.41, 5.74) is -3.24. The van der Waals surface area contributed by atoms with Crippen LogP contribution < -0.4 is 0 Å². The van der Waals surface area contributed by atoms with E-state index in [0.29, 0.717) is 57.8 Å². The average molecular weight is 1270 g/mol. The number of ether oxygens (including phenoxy) is 9. The van der Waals surface area contributed by atoms with Crippen LogP contribution in [0.25, 0.3) is 0 Å². The summed E-state index contributed by atoms with van der Waals surface area (Å²) in [5.74, 6) is -6.88. The van der Waals surface area contributed by atoms with Crippen molar-refractivity contribution in [1.82, 2.24) is 0 Å². The number of esters is 2. The Morgan fingerprint density at radius 2 is 1.17 bits per heavy atom. The van der Waals surface area contributed by atoms with Gasteiger partial charge in [-0.15, -0.1) is 0 Å². The molecule has 4 saturated heterocycles. The molecule has 16 N–H and O–H groups in total. The van der Waals surface area contributed by atoms with Gasteiger partial charge in [0.25, 0.3) is 0 Å². The van der Waals surface area contributed by atoms with Crippen molar-refractivity contribution < 1.29 is 139 Å². The Balaban J connectivity index is 0.881. The molecule has 4 aliphatic heterocycles. The highest BCUT2D eigenvalue weighted by atomic mass is 16.8. The van der Waals surface area contributed by atoms with E-state index in [9.17, 15) is 91.3 Å². The first kappa shape index (κ1) is 67.9. The van der Waals surface area contributed by atoms with Crippen LogP contribution in [0.15, 0.2) is 23.8 Å². The highest BCUT2D eigenvalue weighted by Crippen LogP contribution is 2.76. The van der Waals surface area contributed by atoms with E-state index in [1.807, 2.05) is 6.92 Å². The topological polar surface area (TPSA) is 458 Å². The van der Waals surface area contributed by atoms with Crippen LogP contribution >= 0.6 is 0 Å². The highest BCUT2D eigenvalue weighted by Gasteiger charge is 2.71. The number of carboxylic acids is 1. The van der Waals surface area contributed by atoms with Crippen LogP contribution in [0, 0.1) is 50.2 Å². The first-order chi connectivity index (χ1) is 41.7. The number of carbonyl (C=O) groups is 3. The number of aliphatic hydroxyl groups excluding tert-OH is 12. The van der Waals surface area contributed by atoms with Gasteiger partial charge in [0.15, 0.2) is 48.3 Å².